The second-order valence-corrected chi connectivity index (χ2v) is 7.18. The molecular formula is C23H25N3O6. The van der Waals surface area contributed by atoms with Gasteiger partial charge in [-0.2, -0.15) is 0 Å². The van der Waals surface area contributed by atoms with Crippen molar-refractivity contribution in [2.24, 2.45) is 0 Å². The third-order valence-electron chi connectivity index (χ3n) is 5.14. The van der Waals surface area contributed by atoms with Crippen molar-refractivity contribution in [2.75, 3.05) is 40.5 Å². The van der Waals surface area contributed by atoms with Gasteiger partial charge in [0, 0.05) is 39.4 Å². The van der Waals surface area contributed by atoms with Gasteiger partial charge in [0.1, 0.15) is 5.70 Å². The van der Waals surface area contributed by atoms with Crippen LogP contribution in [0.4, 0.5) is 5.69 Å². The maximum absolute atomic E-state index is 13.5. The minimum Gasteiger partial charge on any atom is -0.383 e. The molecule has 1 aliphatic heterocycles. The van der Waals surface area contributed by atoms with Crippen LogP contribution in [-0.4, -0.2) is 67.1 Å². The number of carbonyl (C=O) groups excluding carboxylic acids is 2. The van der Waals surface area contributed by atoms with Crippen molar-refractivity contribution in [2.45, 2.75) is 6.54 Å². The van der Waals surface area contributed by atoms with Crippen LogP contribution < -0.4 is 0 Å². The molecule has 9 heteroatoms. The molecule has 1 aliphatic rings. The van der Waals surface area contributed by atoms with E-state index >= 15 is 0 Å². The Bertz CT molecular complexity index is 996. The van der Waals surface area contributed by atoms with E-state index in [1.165, 1.54) is 29.2 Å². The summed E-state index contributed by atoms with van der Waals surface area (Å²) >= 11 is 0. The molecule has 0 aromatic heterocycles. The fraction of sp³-hybridized carbons (Fsp3) is 0.304. The summed E-state index contributed by atoms with van der Waals surface area (Å²) in [6.45, 7) is 1.58. The first-order valence-electron chi connectivity index (χ1n) is 10.1. The first kappa shape index (κ1) is 23.1. The number of nitrogens with zero attached hydrogens (tertiary/aromatic N) is 3. The third kappa shape index (κ3) is 5.01. The van der Waals surface area contributed by atoms with E-state index in [0.29, 0.717) is 31.9 Å². The third-order valence-corrected chi connectivity index (χ3v) is 5.14. The van der Waals surface area contributed by atoms with Gasteiger partial charge in [-0.05, 0) is 23.3 Å². The maximum atomic E-state index is 13.5. The van der Waals surface area contributed by atoms with Crippen LogP contribution in [0, 0.1) is 10.1 Å². The van der Waals surface area contributed by atoms with Crippen LogP contribution in [0.1, 0.15) is 11.1 Å². The van der Waals surface area contributed by atoms with Crippen LogP contribution in [0.25, 0.3) is 5.57 Å². The fourth-order valence-electron chi connectivity index (χ4n) is 3.51. The van der Waals surface area contributed by atoms with Gasteiger partial charge in [0.05, 0.1) is 30.3 Å². The van der Waals surface area contributed by atoms with E-state index in [1.54, 1.807) is 19.1 Å². The highest BCUT2D eigenvalue weighted by Crippen LogP contribution is 2.33. The maximum Gasteiger partial charge on any atom is 0.278 e. The van der Waals surface area contributed by atoms with Gasteiger partial charge in [-0.25, -0.2) is 0 Å². The number of hydrogen-bond donors (Lipinski definition) is 0. The molecule has 0 atom stereocenters. The lowest BCUT2D eigenvalue weighted by Crippen LogP contribution is -2.37. The molecule has 1 heterocycles. The lowest BCUT2D eigenvalue weighted by atomic mass is 10.0. The predicted molar refractivity (Wildman–Crippen MR) is 117 cm³/mol. The number of hydrogen-bond acceptors (Lipinski definition) is 7. The van der Waals surface area contributed by atoms with Crippen molar-refractivity contribution in [3.63, 3.8) is 0 Å². The van der Waals surface area contributed by atoms with Crippen LogP contribution in [0.3, 0.4) is 0 Å². The minimum absolute atomic E-state index is 0.0931. The quantitative estimate of drug-likeness (QED) is 0.301. The number of methoxy groups -OCH3 is 2. The molecule has 0 N–H and O–H groups in total. The van der Waals surface area contributed by atoms with E-state index in [0.717, 1.165) is 5.56 Å². The Morgan fingerprint density at radius 1 is 0.906 bits per heavy atom. The van der Waals surface area contributed by atoms with Crippen molar-refractivity contribution in [3.05, 3.63) is 81.5 Å². The Morgan fingerprint density at radius 3 is 2.03 bits per heavy atom. The first-order valence-corrected chi connectivity index (χ1v) is 10.1. The average molecular weight is 439 g/mol. The average Bonchev–Trinajstić information content (AvgIpc) is 3.05. The SMILES string of the molecule is COCCN(CCOC)C1=C(c2ccc([N+](=O)[O-])cc2)C(=O)N(Cc2ccccc2)C1=O. The Labute approximate surface area is 186 Å². The van der Waals surface area contributed by atoms with Crippen molar-refractivity contribution in [1.82, 2.24) is 9.80 Å². The van der Waals surface area contributed by atoms with Crippen molar-refractivity contribution >= 4 is 23.1 Å². The zero-order valence-corrected chi connectivity index (χ0v) is 18.0. The highest BCUT2D eigenvalue weighted by atomic mass is 16.6. The van der Waals surface area contributed by atoms with Gasteiger partial charge >= 0.3 is 0 Å². The Hall–Kier alpha value is -3.56. The summed E-state index contributed by atoms with van der Waals surface area (Å²) < 4.78 is 10.4. The number of nitro groups is 1. The largest absolute Gasteiger partial charge is 0.383 e. The van der Waals surface area contributed by atoms with Crippen molar-refractivity contribution < 1.29 is 24.0 Å². The summed E-state index contributed by atoms with van der Waals surface area (Å²) in [7, 11) is 3.12. The van der Waals surface area contributed by atoms with Crippen LogP contribution in [-0.2, 0) is 25.6 Å². The first-order chi connectivity index (χ1) is 15.5. The summed E-state index contributed by atoms with van der Waals surface area (Å²) in [6, 6.07) is 14.9. The molecule has 2 aromatic carbocycles. The molecule has 0 spiro atoms. The fourth-order valence-corrected chi connectivity index (χ4v) is 3.51. The minimum atomic E-state index is -0.508. The number of carbonyl (C=O) groups is 2. The summed E-state index contributed by atoms with van der Waals surface area (Å²) in [5.41, 5.74) is 1.63. The monoisotopic (exact) mass is 439 g/mol. The van der Waals surface area contributed by atoms with Crippen molar-refractivity contribution in [1.29, 1.82) is 0 Å². The van der Waals surface area contributed by atoms with Gasteiger partial charge in [-0.15, -0.1) is 0 Å². The summed E-state index contributed by atoms with van der Waals surface area (Å²) in [5.74, 6) is -0.859. The highest BCUT2D eigenvalue weighted by Gasteiger charge is 2.41. The number of non-ortho nitro benzene ring substituents is 1. The van der Waals surface area contributed by atoms with Crippen LogP contribution in [0.5, 0.6) is 0 Å². The standard InChI is InChI=1S/C23H25N3O6/c1-31-14-12-24(13-15-32-2)21-20(18-8-10-19(11-9-18)26(29)30)22(27)25(23(21)28)16-17-6-4-3-5-7-17/h3-11H,12-16H2,1-2H3. The molecule has 0 fully saturated rings. The number of ether oxygens (including phenoxy) is 2. The molecule has 0 saturated carbocycles. The molecule has 2 aromatic rings. The number of nitro benzene ring substituents is 1. The van der Waals surface area contributed by atoms with Crippen LogP contribution >= 0.6 is 0 Å². The molecule has 3 rings (SSSR count). The van der Waals surface area contributed by atoms with Crippen LogP contribution in [0.2, 0.25) is 0 Å². The van der Waals surface area contributed by atoms with E-state index in [9.17, 15) is 19.7 Å². The Kier molecular flexibility index (Phi) is 7.69. The van der Waals surface area contributed by atoms with Crippen LogP contribution in [0.15, 0.2) is 60.3 Å². The molecule has 0 bridgehead atoms. The molecule has 32 heavy (non-hydrogen) atoms. The number of imide groups is 1. The number of benzene rings is 2. The number of rotatable bonds is 11. The van der Waals surface area contributed by atoms with E-state index in [2.05, 4.69) is 0 Å². The Morgan fingerprint density at radius 2 is 1.50 bits per heavy atom. The highest BCUT2D eigenvalue weighted by molar-refractivity contribution is 6.35. The summed E-state index contributed by atoms with van der Waals surface area (Å²) in [4.78, 5) is 40.4. The molecule has 168 valence electrons. The smallest absolute Gasteiger partial charge is 0.278 e. The molecular weight excluding hydrogens is 414 g/mol. The van der Waals surface area contributed by atoms with E-state index in [-0.39, 0.29) is 23.5 Å². The van der Waals surface area contributed by atoms with Gasteiger partial charge in [0.2, 0.25) is 0 Å². The predicted octanol–water partition coefficient (Wildman–Crippen LogP) is 2.47. The molecule has 0 saturated heterocycles. The van der Waals surface area contributed by atoms with E-state index in [1.807, 2.05) is 30.3 Å². The van der Waals surface area contributed by atoms with E-state index in [4.69, 9.17) is 9.47 Å². The zero-order valence-electron chi connectivity index (χ0n) is 18.0. The molecule has 0 radical (unpaired) electrons. The second kappa shape index (κ2) is 10.7. The summed E-state index contributed by atoms with van der Waals surface area (Å²) in [5, 5.41) is 11.0. The Balaban J connectivity index is 2.05. The normalized spacial score (nSPS) is 13.8. The lowest BCUT2D eigenvalue weighted by molar-refractivity contribution is -0.384. The molecule has 0 unspecified atom stereocenters. The molecule has 9 nitrogen and oxygen atoms in total. The number of amides is 2. The van der Waals surface area contributed by atoms with Gasteiger partial charge in [0.15, 0.2) is 0 Å². The van der Waals surface area contributed by atoms with Gasteiger partial charge in [-0.1, -0.05) is 30.3 Å². The van der Waals surface area contributed by atoms with Gasteiger partial charge in [0.25, 0.3) is 17.5 Å². The summed E-state index contributed by atoms with van der Waals surface area (Å²) in [6.07, 6.45) is 0. The van der Waals surface area contributed by atoms with Gasteiger partial charge < -0.3 is 14.4 Å². The van der Waals surface area contributed by atoms with E-state index < -0.39 is 16.7 Å². The van der Waals surface area contributed by atoms with Gasteiger partial charge in [-0.3, -0.25) is 24.6 Å². The molecule has 2 amide bonds. The second-order valence-electron chi connectivity index (χ2n) is 7.18. The van der Waals surface area contributed by atoms with Crippen molar-refractivity contribution in [3.8, 4) is 0 Å². The topological polar surface area (TPSA) is 102 Å². The molecule has 0 aliphatic carbocycles. The zero-order chi connectivity index (χ0) is 23.1. The lowest BCUT2D eigenvalue weighted by Gasteiger charge is -2.25.